The van der Waals surface area contributed by atoms with E-state index < -0.39 is 0 Å². The molecular weight excluding hydrogens is 204 g/mol. The number of rotatable bonds is 4. The Labute approximate surface area is 94.6 Å². The lowest BCUT2D eigenvalue weighted by molar-refractivity contribution is 0.0943. The molecule has 16 heavy (non-hydrogen) atoms. The van der Waals surface area contributed by atoms with E-state index in [0.29, 0.717) is 23.5 Å². The molecule has 1 fully saturated rings. The highest BCUT2D eigenvalue weighted by Gasteiger charge is 2.34. The van der Waals surface area contributed by atoms with E-state index in [1.165, 1.54) is 0 Å². The molecule has 1 heterocycles. The molecule has 86 valence electrons. The fourth-order valence-electron chi connectivity index (χ4n) is 1.49. The lowest BCUT2D eigenvalue weighted by Gasteiger charge is -2.04. The highest BCUT2D eigenvalue weighted by Crippen LogP contribution is 2.29. The highest BCUT2D eigenvalue weighted by molar-refractivity contribution is 5.92. The quantitative estimate of drug-likeness (QED) is 0.795. The van der Waals surface area contributed by atoms with Crippen molar-refractivity contribution >= 4 is 11.7 Å². The number of nitrogens with zero attached hydrogens (tertiary/aromatic N) is 2. The molecule has 0 radical (unpaired) electrons. The second-order valence-electron chi connectivity index (χ2n) is 4.13. The fraction of sp³-hybridized carbons (Fsp3) is 0.545. The monoisotopic (exact) mass is 220 g/mol. The summed E-state index contributed by atoms with van der Waals surface area (Å²) in [6.45, 7) is 4.89. The standard InChI is InChI=1S/C11H16N4O/c1-3-12-10-5-4-8(14-15-10)11(16)13-9-6-7(9)2/h4-5,7,9H,3,6H2,1-2H3,(H,12,15)(H,13,16). The maximum absolute atomic E-state index is 11.7. The molecule has 2 N–H and O–H groups in total. The molecule has 2 rings (SSSR count). The van der Waals surface area contributed by atoms with Crippen LogP contribution >= 0.6 is 0 Å². The van der Waals surface area contributed by atoms with Crippen molar-refractivity contribution in [3.63, 3.8) is 0 Å². The van der Waals surface area contributed by atoms with Gasteiger partial charge in [-0.3, -0.25) is 4.79 Å². The molecular formula is C11H16N4O. The Kier molecular flexibility index (Phi) is 3.03. The third-order valence-electron chi connectivity index (χ3n) is 2.68. The summed E-state index contributed by atoms with van der Waals surface area (Å²) in [5.74, 6) is 1.15. The van der Waals surface area contributed by atoms with Crippen LogP contribution in [0.2, 0.25) is 0 Å². The van der Waals surface area contributed by atoms with Gasteiger partial charge in [-0.05, 0) is 31.4 Å². The third-order valence-corrected chi connectivity index (χ3v) is 2.68. The Morgan fingerprint density at radius 3 is 2.75 bits per heavy atom. The molecule has 0 spiro atoms. The molecule has 1 aromatic rings. The zero-order chi connectivity index (χ0) is 11.5. The smallest absolute Gasteiger partial charge is 0.272 e. The zero-order valence-corrected chi connectivity index (χ0v) is 9.53. The highest BCUT2D eigenvalue weighted by atomic mass is 16.2. The van der Waals surface area contributed by atoms with E-state index in [0.717, 1.165) is 13.0 Å². The summed E-state index contributed by atoms with van der Waals surface area (Å²) in [4.78, 5) is 11.7. The van der Waals surface area contributed by atoms with Crippen LogP contribution < -0.4 is 10.6 Å². The summed E-state index contributed by atoms with van der Waals surface area (Å²) in [5, 5.41) is 13.7. The number of anilines is 1. The first kappa shape index (κ1) is 10.9. The molecule has 1 aromatic heterocycles. The van der Waals surface area contributed by atoms with Gasteiger partial charge in [0.15, 0.2) is 5.69 Å². The molecule has 2 atom stereocenters. The van der Waals surface area contributed by atoms with E-state index in [1.54, 1.807) is 12.1 Å². The predicted octanol–water partition coefficient (Wildman–Crippen LogP) is 1.05. The van der Waals surface area contributed by atoms with Crippen LogP contribution in [-0.2, 0) is 0 Å². The second kappa shape index (κ2) is 4.47. The molecule has 1 amide bonds. The number of hydrogen-bond donors (Lipinski definition) is 2. The maximum atomic E-state index is 11.7. The van der Waals surface area contributed by atoms with Crippen LogP contribution in [0.25, 0.3) is 0 Å². The minimum absolute atomic E-state index is 0.134. The second-order valence-corrected chi connectivity index (χ2v) is 4.13. The van der Waals surface area contributed by atoms with Crippen molar-refractivity contribution in [2.75, 3.05) is 11.9 Å². The van der Waals surface area contributed by atoms with Crippen LogP contribution in [0.3, 0.4) is 0 Å². The van der Waals surface area contributed by atoms with Gasteiger partial charge in [0.05, 0.1) is 0 Å². The van der Waals surface area contributed by atoms with Crippen LogP contribution in [0.5, 0.6) is 0 Å². The summed E-state index contributed by atoms with van der Waals surface area (Å²) in [6.07, 6.45) is 1.06. The molecule has 0 aromatic carbocycles. The minimum atomic E-state index is -0.134. The Morgan fingerprint density at radius 1 is 1.50 bits per heavy atom. The molecule has 5 nitrogen and oxygen atoms in total. The zero-order valence-electron chi connectivity index (χ0n) is 9.53. The lowest BCUT2D eigenvalue weighted by Crippen LogP contribution is -2.27. The van der Waals surface area contributed by atoms with Gasteiger partial charge in [0.1, 0.15) is 5.82 Å². The Hall–Kier alpha value is -1.65. The summed E-state index contributed by atoms with van der Waals surface area (Å²) >= 11 is 0. The van der Waals surface area contributed by atoms with Gasteiger partial charge in [0.2, 0.25) is 0 Å². The van der Waals surface area contributed by atoms with Crippen LogP contribution in [0.1, 0.15) is 30.8 Å². The topological polar surface area (TPSA) is 66.9 Å². The molecule has 2 unspecified atom stereocenters. The molecule has 1 aliphatic rings. The number of amides is 1. The third kappa shape index (κ3) is 2.48. The Morgan fingerprint density at radius 2 is 2.25 bits per heavy atom. The van der Waals surface area contributed by atoms with Crippen molar-refractivity contribution in [3.05, 3.63) is 17.8 Å². The van der Waals surface area contributed by atoms with Gasteiger partial charge >= 0.3 is 0 Å². The van der Waals surface area contributed by atoms with Crippen molar-refractivity contribution in [2.24, 2.45) is 5.92 Å². The first-order valence-electron chi connectivity index (χ1n) is 5.59. The SMILES string of the molecule is CCNc1ccc(C(=O)NC2CC2C)nn1. The van der Waals surface area contributed by atoms with Gasteiger partial charge in [-0.25, -0.2) is 0 Å². The number of nitrogens with one attached hydrogen (secondary N) is 2. The van der Waals surface area contributed by atoms with Crippen LogP contribution in [0.15, 0.2) is 12.1 Å². The Bertz CT molecular complexity index is 376. The van der Waals surface area contributed by atoms with E-state index in [-0.39, 0.29) is 5.91 Å². The molecule has 0 saturated heterocycles. The number of carbonyl (C=O) groups excluding carboxylic acids is 1. The van der Waals surface area contributed by atoms with Crippen molar-refractivity contribution in [1.82, 2.24) is 15.5 Å². The van der Waals surface area contributed by atoms with E-state index >= 15 is 0 Å². The van der Waals surface area contributed by atoms with Gasteiger partial charge in [-0.2, -0.15) is 0 Å². The largest absolute Gasteiger partial charge is 0.369 e. The number of hydrogen-bond acceptors (Lipinski definition) is 4. The van der Waals surface area contributed by atoms with E-state index in [4.69, 9.17) is 0 Å². The molecule has 5 heteroatoms. The summed E-state index contributed by atoms with van der Waals surface area (Å²) < 4.78 is 0. The van der Waals surface area contributed by atoms with Gasteiger partial charge in [0.25, 0.3) is 5.91 Å². The van der Waals surface area contributed by atoms with Crippen LogP contribution in [0.4, 0.5) is 5.82 Å². The average Bonchev–Trinajstić information content (AvgIpc) is 2.95. The maximum Gasteiger partial charge on any atom is 0.272 e. The van der Waals surface area contributed by atoms with E-state index in [2.05, 4.69) is 27.8 Å². The van der Waals surface area contributed by atoms with Gasteiger partial charge < -0.3 is 10.6 Å². The average molecular weight is 220 g/mol. The molecule has 0 bridgehead atoms. The molecule has 1 aliphatic carbocycles. The Balaban J connectivity index is 1.95. The fourth-order valence-corrected chi connectivity index (χ4v) is 1.49. The summed E-state index contributed by atoms with van der Waals surface area (Å²) in [6, 6.07) is 3.78. The van der Waals surface area contributed by atoms with Gasteiger partial charge in [-0.1, -0.05) is 6.92 Å². The first-order valence-corrected chi connectivity index (χ1v) is 5.59. The van der Waals surface area contributed by atoms with Gasteiger partial charge in [0, 0.05) is 12.6 Å². The lowest BCUT2D eigenvalue weighted by atomic mass is 10.3. The normalized spacial score (nSPS) is 22.6. The predicted molar refractivity (Wildman–Crippen MR) is 61.2 cm³/mol. The number of aromatic nitrogens is 2. The summed E-state index contributed by atoms with van der Waals surface area (Å²) in [7, 11) is 0. The van der Waals surface area contributed by atoms with E-state index in [1.807, 2.05) is 6.92 Å². The van der Waals surface area contributed by atoms with Crippen molar-refractivity contribution in [1.29, 1.82) is 0 Å². The van der Waals surface area contributed by atoms with E-state index in [9.17, 15) is 4.79 Å². The van der Waals surface area contributed by atoms with Crippen LogP contribution in [-0.4, -0.2) is 28.7 Å². The van der Waals surface area contributed by atoms with Crippen LogP contribution in [0, 0.1) is 5.92 Å². The summed E-state index contributed by atoms with van der Waals surface area (Å²) in [5.41, 5.74) is 0.376. The van der Waals surface area contributed by atoms with Gasteiger partial charge in [-0.15, -0.1) is 10.2 Å². The van der Waals surface area contributed by atoms with Crippen molar-refractivity contribution in [3.8, 4) is 0 Å². The first-order chi connectivity index (χ1) is 7.70. The number of carbonyl (C=O) groups is 1. The molecule has 1 saturated carbocycles. The van der Waals surface area contributed by atoms with Crippen molar-refractivity contribution < 1.29 is 4.79 Å². The minimum Gasteiger partial charge on any atom is -0.369 e. The molecule has 0 aliphatic heterocycles. The van der Waals surface area contributed by atoms with Crippen molar-refractivity contribution in [2.45, 2.75) is 26.3 Å².